The third kappa shape index (κ3) is 1.73. The number of anilines is 1. The molecular weight excluding hydrogens is 246 g/mol. The van der Waals surface area contributed by atoms with Gasteiger partial charge in [-0.15, -0.1) is 0 Å². The summed E-state index contributed by atoms with van der Waals surface area (Å²) in [6.07, 6.45) is 0. The molecule has 0 spiro atoms. The standard InChI is InChI=1S/C14H12ClN3/c1-8-5-6-9(16)7-10(8)14-17-12-4-2-3-11(15)13(12)18-14/h2-7H,16H2,1H3,(H,17,18). The van der Waals surface area contributed by atoms with Crippen LogP contribution in [0.15, 0.2) is 36.4 Å². The van der Waals surface area contributed by atoms with Gasteiger partial charge in [-0.3, -0.25) is 0 Å². The Morgan fingerprint density at radius 2 is 2.06 bits per heavy atom. The average molecular weight is 258 g/mol. The van der Waals surface area contributed by atoms with Gasteiger partial charge >= 0.3 is 0 Å². The lowest BCUT2D eigenvalue weighted by molar-refractivity contribution is 1.31. The molecule has 3 N–H and O–H groups in total. The smallest absolute Gasteiger partial charge is 0.138 e. The molecule has 4 heteroatoms. The first kappa shape index (κ1) is 11.1. The van der Waals surface area contributed by atoms with Crippen LogP contribution in [0.2, 0.25) is 5.02 Å². The Morgan fingerprint density at radius 3 is 2.83 bits per heavy atom. The van der Waals surface area contributed by atoms with E-state index in [0.717, 1.165) is 33.7 Å². The van der Waals surface area contributed by atoms with Crippen molar-refractivity contribution in [1.29, 1.82) is 0 Å². The molecule has 0 saturated heterocycles. The highest BCUT2D eigenvalue weighted by atomic mass is 35.5. The van der Waals surface area contributed by atoms with E-state index in [1.807, 2.05) is 43.3 Å². The van der Waals surface area contributed by atoms with Crippen LogP contribution in [0.5, 0.6) is 0 Å². The number of nitrogen functional groups attached to an aromatic ring is 1. The second kappa shape index (κ2) is 4.03. The fourth-order valence-corrected chi connectivity index (χ4v) is 2.24. The Labute approximate surface area is 110 Å². The number of aryl methyl sites for hydroxylation is 1. The first-order chi connectivity index (χ1) is 8.65. The minimum Gasteiger partial charge on any atom is -0.399 e. The van der Waals surface area contributed by atoms with Crippen molar-refractivity contribution in [3.05, 3.63) is 47.0 Å². The van der Waals surface area contributed by atoms with E-state index in [-0.39, 0.29) is 0 Å². The minimum atomic E-state index is 0.650. The van der Waals surface area contributed by atoms with Crippen molar-refractivity contribution >= 4 is 28.3 Å². The SMILES string of the molecule is Cc1ccc(N)cc1-c1nc2c(Cl)cccc2[nH]1. The summed E-state index contributed by atoms with van der Waals surface area (Å²) in [5.41, 5.74) is 10.4. The molecule has 2 aromatic carbocycles. The number of nitrogens with zero attached hydrogens (tertiary/aromatic N) is 1. The zero-order valence-corrected chi connectivity index (χ0v) is 10.6. The molecule has 90 valence electrons. The van der Waals surface area contributed by atoms with Crippen molar-refractivity contribution in [3.63, 3.8) is 0 Å². The minimum absolute atomic E-state index is 0.650. The lowest BCUT2D eigenvalue weighted by Gasteiger charge is -2.03. The predicted molar refractivity (Wildman–Crippen MR) is 75.7 cm³/mol. The molecule has 0 saturated carbocycles. The van der Waals surface area contributed by atoms with Gasteiger partial charge in [-0.05, 0) is 36.8 Å². The predicted octanol–water partition coefficient (Wildman–Crippen LogP) is 3.77. The summed E-state index contributed by atoms with van der Waals surface area (Å²) >= 11 is 6.12. The Balaban J connectivity index is 2.26. The highest BCUT2D eigenvalue weighted by molar-refractivity contribution is 6.35. The average Bonchev–Trinajstić information content (AvgIpc) is 2.77. The number of aromatic nitrogens is 2. The number of nitrogens with two attached hydrogens (primary N) is 1. The van der Waals surface area contributed by atoms with E-state index in [4.69, 9.17) is 17.3 Å². The van der Waals surface area contributed by atoms with Gasteiger partial charge in [0.2, 0.25) is 0 Å². The van der Waals surface area contributed by atoms with Crippen molar-refractivity contribution in [1.82, 2.24) is 9.97 Å². The number of hydrogen-bond acceptors (Lipinski definition) is 2. The fourth-order valence-electron chi connectivity index (χ4n) is 2.02. The van der Waals surface area contributed by atoms with E-state index in [1.54, 1.807) is 0 Å². The van der Waals surface area contributed by atoms with Gasteiger partial charge in [0, 0.05) is 11.3 Å². The Bertz CT molecular complexity index is 731. The summed E-state index contributed by atoms with van der Waals surface area (Å²) in [6.45, 7) is 2.03. The second-order valence-corrected chi connectivity index (χ2v) is 4.70. The number of nitrogens with one attached hydrogen (secondary N) is 1. The summed E-state index contributed by atoms with van der Waals surface area (Å²) in [5.74, 6) is 0.794. The molecule has 0 aliphatic rings. The van der Waals surface area contributed by atoms with Crippen LogP contribution < -0.4 is 5.73 Å². The van der Waals surface area contributed by atoms with E-state index in [1.165, 1.54) is 0 Å². The van der Waals surface area contributed by atoms with Crippen molar-refractivity contribution in [2.75, 3.05) is 5.73 Å². The molecule has 0 amide bonds. The number of fused-ring (bicyclic) bond motifs is 1. The number of H-pyrrole nitrogens is 1. The van der Waals surface area contributed by atoms with Crippen LogP contribution >= 0.6 is 11.6 Å². The van der Waals surface area contributed by atoms with Crippen LogP contribution in [0.4, 0.5) is 5.69 Å². The normalized spacial score (nSPS) is 11.0. The van der Waals surface area contributed by atoms with E-state index < -0.39 is 0 Å². The maximum atomic E-state index is 6.12. The molecule has 0 radical (unpaired) electrons. The molecule has 0 aliphatic heterocycles. The summed E-state index contributed by atoms with van der Waals surface area (Å²) in [7, 11) is 0. The van der Waals surface area contributed by atoms with Gasteiger partial charge in [0.25, 0.3) is 0 Å². The van der Waals surface area contributed by atoms with E-state index >= 15 is 0 Å². The molecule has 0 aliphatic carbocycles. The van der Waals surface area contributed by atoms with Crippen molar-refractivity contribution in [3.8, 4) is 11.4 Å². The molecule has 0 atom stereocenters. The van der Waals surface area contributed by atoms with Crippen molar-refractivity contribution < 1.29 is 0 Å². The van der Waals surface area contributed by atoms with E-state index in [0.29, 0.717) is 5.02 Å². The number of benzene rings is 2. The van der Waals surface area contributed by atoms with Gasteiger partial charge in [0.1, 0.15) is 11.3 Å². The van der Waals surface area contributed by atoms with Crippen molar-refractivity contribution in [2.45, 2.75) is 6.92 Å². The third-order valence-corrected chi connectivity index (χ3v) is 3.29. The number of para-hydroxylation sites is 1. The third-order valence-electron chi connectivity index (χ3n) is 2.98. The molecular formula is C14H12ClN3. The van der Waals surface area contributed by atoms with Gasteiger partial charge in [-0.25, -0.2) is 4.98 Å². The van der Waals surface area contributed by atoms with Gasteiger partial charge in [-0.1, -0.05) is 23.7 Å². The highest BCUT2D eigenvalue weighted by Gasteiger charge is 2.09. The molecule has 3 aromatic rings. The van der Waals surface area contributed by atoms with E-state index in [2.05, 4.69) is 9.97 Å². The maximum absolute atomic E-state index is 6.12. The van der Waals surface area contributed by atoms with Crippen LogP contribution in [-0.4, -0.2) is 9.97 Å². The highest BCUT2D eigenvalue weighted by Crippen LogP contribution is 2.28. The Kier molecular flexibility index (Phi) is 2.49. The lowest BCUT2D eigenvalue weighted by atomic mass is 10.1. The van der Waals surface area contributed by atoms with Crippen LogP contribution in [0, 0.1) is 6.92 Å². The summed E-state index contributed by atoms with van der Waals surface area (Å²) in [5, 5.41) is 0.650. The van der Waals surface area contributed by atoms with Crippen LogP contribution in [-0.2, 0) is 0 Å². The van der Waals surface area contributed by atoms with Gasteiger partial charge in [0.15, 0.2) is 0 Å². The van der Waals surface area contributed by atoms with Gasteiger partial charge < -0.3 is 10.7 Å². The molecule has 0 unspecified atom stereocenters. The van der Waals surface area contributed by atoms with Crippen LogP contribution in [0.1, 0.15) is 5.56 Å². The first-order valence-electron chi connectivity index (χ1n) is 5.66. The molecule has 0 bridgehead atoms. The van der Waals surface area contributed by atoms with Gasteiger partial charge in [-0.2, -0.15) is 0 Å². The molecule has 3 rings (SSSR count). The summed E-state index contributed by atoms with van der Waals surface area (Å²) in [6, 6.07) is 11.5. The molecule has 1 aromatic heterocycles. The lowest BCUT2D eigenvalue weighted by Crippen LogP contribution is -1.90. The number of rotatable bonds is 1. The zero-order valence-electron chi connectivity index (χ0n) is 9.87. The van der Waals surface area contributed by atoms with Crippen molar-refractivity contribution in [2.24, 2.45) is 0 Å². The molecule has 3 nitrogen and oxygen atoms in total. The molecule has 1 heterocycles. The Morgan fingerprint density at radius 1 is 1.22 bits per heavy atom. The molecule has 0 fully saturated rings. The Hall–Kier alpha value is -2.00. The number of halogens is 1. The zero-order chi connectivity index (χ0) is 12.7. The quantitative estimate of drug-likeness (QED) is 0.652. The molecule has 18 heavy (non-hydrogen) atoms. The number of hydrogen-bond donors (Lipinski definition) is 2. The van der Waals surface area contributed by atoms with Gasteiger partial charge in [0.05, 0.1) is 10.5 Å². The fraction of sp³-hybridized carbons (Fsp3) is 0.0714. The van der Waals surface area contributed by atoms with E-state index in [9.17, 15) is 0 Å². The number of aromatic amines is 1. The summed E-state index contributed by atoms with van der Waals surface area (Å²) < 4.78 is 0. The largest absolute Gasteiger partial charge is 0.399 e. The number of imidazole rings is 1. The summed E-state index contributed by atoms with van der Waals surface area (Å²) in [4.78, 5) is 7.81. The monoisotopic (exact) mass is 257 g/mol. The second-order valence-electron chi connectivity index (χ2n) is 4.30. The van der Waals surface area contributed by atoms with Crippen LogP contribution in [0.3, 0.4) is 0 Å². The first-order valence-corrected chi connectivity index (χ1v) is 6.03. The topological polar surface area (TPSA) is 54.7 Å². The maximum Gasteiger partial charge on any atom is 0.138 e. The van der Waals surface area contributed by atoms with Crippen LogP contribution in [0.25, 0.3) is 22.4 Å².